The van der Waals surface area contributed by atoms with Crippen LogP contribution in [-0.4, -0.2) is 51.6 Å². The second-order valence-electron chi connectivity index (χ2n) is 7.72. The number of fused-ring (bicyclic) bond motifs is 1. The van der Waals surface area contributed by atoms with Gasteiger partial charge in [-0.2, -0.15) is 5.10 Å². The smallest absolute Gasteiger partial charge is 0.311 e. The normalized spacial score (nSPS) is 27.5. The predicted molar refractivity (Wildman–Crippen MR) is 97.7 cm³/mol. The minimum absolute atomic E-state index is 0.0187. The van der Waals surface area contributed by atoms with Gasteiger partial charge in [-0.25, -0.2) is 5.01 Å². The van der Waals surface area contributed by atoms with Crippen LogP contribution in [0.4, 0.5) is 0 Å². The minimum Gasteiger partial charge on any atom is -0.481 e. The van der Waals surface area contributed by atoms with Crippen LogP contribution in [0.3, 0.4) is 0 Å². The lowest BCUT2D eigenvalue weighted by Gasteiger charge is -2.26. The van der Waals surface area contributed by atoms with Crippen LogP contribution in [0.25, 0.3) is 0 Å². The summed E-state index contributed by atoms with van der Waals surface area (Å²) in [4.78, 5) is 38.6. The number of nitrogens with zero attached hydrogens (tertiary/aromatic N) is 3. The van der Waals surface area contributed by atoms with E-state index in [-0.39, 0.29) is 30.7 Å². The number of amides is 2. The number of aliphatic carboxylic acids is 1. The van der Waals surface area contributed by atoms with E-state index in [0.717, 1.165) is 18.4 Å². The van der Waals surface area contributed by atoms with Crippen molar-refractivity contribution < 1.29 is 19.5 Å². The number of carboxylic acid groups (broad SMARTS) is 1. The van der Waals surface area contributed by atoms with Gasteiger partial charge in [0.05, 0.1) is 12.0 Å². The van der Waals surface area contributed by atoms with Crippen molar-refractivity contribution in [2.75, 3.05) is 13.1 Å². The van der Waals surface area contributed by atoms with Crippen LogP contribution in [0.2, 0.25) is 0 Å². The third-order valence-corrected chi connectivity index (χ3v) is 6.11. The van der Waals surface area contributed by atoms with Crippen LogP contribution in [0, 0.1) is 11.3 Å². The molecule has 142 valence electrons. The summed E-state index contributed by atoms with van der Waals surface area (Å²) in [6.07, 6.45) is 2.94. The van der Waals surface area contributed by atoms with Gasteiger partial charge in [-0.15, -0.1) is 0 Å². The molecule has 0 radical (unpaired) electrons. The van der Waals surface area contributed by atoms with Gasteiger partial charge in [0.2, 0.25) is 5.91 Å². The highest BCUT2D eigenvalue weighted by atomic mass is 16.4. The highest BCUT2D eigenvalue weighted by molar-refractivity contribution is 6.39. The molecular formula is C20H23N3O4. The topological polar surface area (TPSA) is 90.3 Å². The van der Waals surface area contributed by atoms with Gasteiger partial charge in [0.15, 0.2) is 0 Å². The zero-order valence-electron chi connectivity index (χ0n) is 15.1. The number of carboxylic acids is 1. The minimum atomic E-state index is -0.801. The second-order valence-corrected chi connectivity index (χ2v) is 7.72. The molecule has 3 aliphatic rings. The fourth-order valence-corrected chi connectivity index (χ4v) is 4.61. The second kappa shape index (κ2) is 6.79. The fraction of sp³-hybridized carbons (Fsp3) is 0.500. The summed E-state index contributed by atoms with van der Waals surface area (Å²) in [5, 5.41) is 15.4. The number of carbonyl (C=O) groups is 3. The molecule has 2 aliphatic heterocycles. The SMILES string of the molecule is O=C(C1=NN(Cc2ccccc2)C(=O)CC1)N1C[C@@H]2CCC[C@@]2(C(=O)O)C1. The number of benzene rings is 1. The molecule has 7 heteroatoms. The summed E-state index contributed by atoms with van der Waals surface area (Å²) in [6, 6.07) is 9.53. The number of hydrazone groups is 1. The van der Waals surface area contributed by atoms with E-state index >= 15 is 0 Å². The average molecular weight is 369 g/mol. The van der Waals surface area contributed by atoms with E-state index in [9.17, 15) is 19.5 Å². The zero-order chi connectivity index (χ0) is 19.0. The van der Waals surface area contributed by atoms with Gasteiger partial charge >= 0.3 is 5.97 Å². The van der Waals surface area contributed by atoms with Gasteiger partial charge in [0.25, 0.3) is 5.91 Å². The summed E-state index contributed by atoms with van der Waals surface area (Å²) < 4.78 is 0. The Kier molecular flexibility index (Phi) is 4.45. The van der Waals surface area contributed by atoms with Gasteiger partial charge in [0.1, 0.15) is 5.71 Å². The molecular weight excluding hydrogens is 346 g/mol. The maximum atomic E-state index is 13.0. The lowest BCUT2D eigenvalue weighted by molar-refractivity contribution is -0.149. The molecule has 2 amide bonds. The van der Waals surface area contributed by atoms with Crippen molar-refractivity contribution in [3.05, 3.63) is 35.9 Å². The van der Waals surface area contributed by atoms with Gasteiger partial charge < -0.3 is 10.0 Å². The summed E-state index contributed by atoms with van der Waals surface area (Å²) in [7, 11) is 0. The summed E-state index contributed by atoms with van der Waals surface area (Å²) >= 11 is 0. The molecule has 1 aromatic carbocycles. The van der Waals surface area contributed by atoms with Gasteiger partial charge in [0, 0.05) is 25.9 Å². The molecule has 1 N–H and O–H groups in total. The van der Waals surface area contributed by atoms with E-state index in [2.05, 4.69) is 5.10 Å². The van der Waals surface area contributed by atoms with Crippen LogP contribution in [0.1, 0.15) is 37.7 Å². The van der Waals surface area contributed by atoms with E-state index in [1.165, 1.54) is 5.01 Å². The number of hydrogen-bond donors (Lipinski definition) is 1. The Labute approximate surface area is 157 Å². The molecule has 1 aliphatic carbocycles. The molecule has 0 bridgehead atoms. The maximum absolute atomic E-state index is 13.0. The molecule has 0 unspecified atom stereocenters. The summed E-state index contributed by atoms with van der Waals surface area (Å²) in [5.41, 5.74) is 0.500. The Bertz CT molecular complexity index is 807. The van der Waals surface area contributed by atoms with E-state index in [1.54, 1.807) is 4.90 Å². The first-order chi connectivity index (χ1) is 13.0. The molecule has 27 heavy (non-hydrogen) atoms. The first kappa shape index (κ1) is 17.7. The maximum Gasteiger partial charge on any atom is 0.311 e. The number of carbonyl (C=O) groups excluding carboxylic acids is 2. The number of rotatable bonds is 4. The lowest BCUT2D eigenvalue weighted by atomic mass is 9.81. The van der Waals surface area contributed by atoms with Crippen LogP contribution < -0.4 is 0 Å². The van der Waals surface area contributed by atoms with Crippen LogP contribution in [-0.2, 0) is 20.9 Å². The Morgan fingerprint density at radius 2 is 2.00 bits per heavy atom. The summed E-state index contributed by atoms with van der Waals surface area (Å²) in [6.45, 7) is 1.05. The molecule has 2 heterocycles. The van der Waals surface area contributed by atoms with Crippen LogP contribution >= 0.6 is 0 Å². The molecule has 1 aromatic rings. The number of likely N-dealkylation sites (tertiary alicyclic amines) is 1. The third kappa shape index (κ3) is 3.11. The number of hydrogen-bond acceptors (Lipinski definition) is 4. The molecule has 7 nitrogen and oxygen atoms in total. The standard InChI is InChI=1S/C20H23N3O4/c24-17-9-8-16(21-23(17)11-14-5-2-1-3-6-14)18(25)22-12-15-7-4-10-20(15,13-22)19(26)27/h1-3,5-6,15H,4,7-13H2,(H,26,27)/t15-,20+/m0/s1. The van der Waals surface area contributed by atoms with Crippen molar-refractivity contribution in [2.45, 2.75) is 38.6 Å². The Morgan fingerprint density at radius 3 is 2.70 bits per heavy atom. The average Bonchev–Trinajstić information content (AvgIpc) is 3.22. The first-order valence-corrected chi connectivity index (χ1v) is 9.44. The Hall–Kier alpha value is -2.70. The quantitative estimate of drug-likeness (QED) is 0.877. The van der Waals surface area contributed by atoms with Crippen molar-refractivity contribution >= 4 is 23.5 Å². The van der Waals surface area contributed by atoms with E-state index in [0.29, 0.717) is 31.6 Å². The predicted octanol–water partition coefficient (Wildman–Crippen LogP) is 1.88. The highest BCUT2D eigenvalue weighted by Crippen LogP contribution is 2.49. The van der Waals surface area contributed by atoms with Crippen LogP contribution in [0.15, 0.2) is 35.4 Å². The van der Waals surface area contributed by atoms with Crippen molar-refractivity contribution in [2.24, 2.45) is 16.4 Å². The highest BCUT2D eigenvalue weighted by Gasteiger charge is 2.56. The van der Waals surface area contributed by atoms with Crippen molar-refractivity contribution in [3.63, 3.8) is 0 Å². The Morgan fingerprint density at radius 1 is 1.22 bits per heavy atom. The van der Waals surface area contributed by atoms with Crippen molar-refractivity contribution in [1.82, 2.24) is 9.91 Å². The molecule has 0 aromatic heterocycles. The van der Waals surface area contributed by atoms with E-state index in [4.69, 9.17) is 0 Å². The monoisotopic (exact) mass is 369 g/mol. The third-order valence-electron chi connectivity index (χ3n) is 6.11. The molecule has 2 atom stereocenters. The van der Waals surface area contributed by atoms with Gasteiger partial charge in [-0.1, -0.05) is 36.8 Å². The molecule has 1 saturated carbocycles. The Balaban J connectivity index is 1.51. The lowest BCUT2D eigenvalue weighted by Crippen LogP contribution is -2.42. The fourth-order valence-electron chi connectivity index (χ4n) is 4.61. The molecule has 0 spiro atoms. The zero-order valence-corrected chi connectivity index (χ0v) is 15.1. The van der Waals surface area contributed by atoms with Crippen molar-refractivity contribution in [1.29, 1.82) is 0 Å². The summed E-state index contributed by atoms with van der Waals surface area (Å²) in [5.74, 6) is -1.11. The van der Waals surface area contributed by atoms with Crippen molar-refractivity contribution in [3.8, 4) is 0 Å². The van der Waals surface area contributed by atoms with Gasteiger partial charge in [-0.3, -0.25) is 14.4 Å². The molecule has 1 saturated heterocycles. The van der Waals surface area contributed by atoms with E-state index < -0.39 is 11.4 Å². The largest absolute Gasteiger partial charge is 0.481 e. The molecule has 4 rings (SSSR count). The van der Waals surface area contributed by atoms with E-state index in [1.807, 2.05) is 30.3 Å². The van der Waals surface area contributed by atoms with Crippen LogP contribution in [0.5, 0.6) is 0 Å². The van der Waals surface area contributed by atoms with Gasteiger partial charge in [-0.05, 0) is 24.3 Å². The molecule has 2 fully saturated rings. The first-order valence-electron chi connectivity index (χ1n) is 9.44.